The number of fused-ring (bicyclic) bond motifs is 1. The van der Waals surface area contributed by atoms with Gasteiger partial charge < -0.3 is 15.1 Å². The minimum absolute atomic E-state index is 0.00748. The molecule has 1 aliphatic rings. The van der Waals surface area contributed by atoms with Gasteiger partial charge in [0.25, 0.3) is 0 Å². The topological polar surface area (TPSA) is 79.8 Å². The van der Waals surface area contributed by atoms with E-state index in [0.29, 0.717) is 13.1 Å². The smallest absolute Gasteiger partial charge is 0.237 e. The summed E-state index contributed by atoms with van der Waals surface area (Å²) in [5.41, 5.74) is 6.16. The fourth-order valence-corrected chi connectivity index (χ4v) is 3.13. The van der Waals surface area contributed by atoms with Gasteiger partial charge in [0.2, 0.25) is 11.8 Å². The van der Waals surface area contributed by atoms with Gasteiger partial charge >= 0.3 is 0 Å². The Morgan fingerprint density at radius 2 is 2.17 bits per heavy atom. The van der Waals surface area contributed by atoms with Crippen LogP contribution in [0.3, 0.4) is 0 Å². The Kier molecular flexibility index (Phi) is 4.57. The molecule has 1 aliphatic heterocycles. The van der Waals surface area contributed by atoms with Crippen molar-refractivity contribution in [3.8, 4) is 0 Å². The van der Waals surface area contributed by atoms with Crippen LogP contribution in [0.1, 0.15) is 25.1 Å². The summed E-state index contributed by atoms with van der Waals surface area (Å²) in [5.74, 6) is 0.349. The predicted molar refractivity (Wildman–Crippen MR) is 91.1 cm³/mol. The molecular formula is C18H23N3O3. The van der Waals surface area contributed by atoms with Crippen LogP contribution in [0.5, 0.6) is 0 Å². The van der Waals surface area contributed by atoms with E-state index in [-0.39, 0.29) is 23.8 Å². The average molecular weight is 329 g/mol. The maximum absolute atomic E-state index is 12.5. The zero-order valence-electron chi connectivity index (χ0n) is 14.1. The lowest BCUT2D eigenvalue weighted by Gasteiger charge is -2.25. The van der Waals surface area contributed by atoms with E-state index in [0.717, 1.165) is 29.7 Å². The van der Waals surface area contributed by atoms with Crippen molar-refractivity contribution < 1.29 is 14.0 Å². The molecule has 128 valence electrons. The fraction of sp³-hybridized carbons (Fsp3) is 0.444. The van der Waals surface area contributed by atoms with E-state index in [1.54, 1.807) is 11.9 Å². The molecule has 0 radical (unpaired) electrons. The fourth-order valence-electron chi connectivity index (χ4n) is 3.13. The van der Waals surface area contributed by atoms with Gasteiger partial charge in [-0.25, -0.2) is 0 Å². The summed E-state index contributed by atoms with van der Waals surface area (Å²) in [7, 11) is 1.78. The Bertz CT molecular complexity index is 722. The van der Waals surface area contributed by atoms with Gasteiger partial charge in [0.15, 0.2) is 0 Å². The molecule has 1 saturated heterocycles. The number of amides is 2. The van der Waals surface area contributed by atoms with Crippen molar-refractivity contribution in [2.24, 2.45) is 11.7 Å². The number of nitrogens with two attached hydrogens (primary N) is 1. The lowest BCUT2D eigenvalue weighted by Crippen LogP contribution is -2.39. The number of rotatable bonds is 5. The molecule has 1 aromatic carbocycles. The summed E-state index contributed by atoms with van der Waals surface area (Å²) in [6.45, 7) is 3.54. The third kappa shape index (κ3) is 3.28. The van der Waals surface area contributed by atoms with Crippen molar-refractivity contribution in [2.75, 3.05) is 26.7 Å². The number of furan rings is 1. The molecule has 0 unspecified atom stereocenters. The van der Waals surface area contributed by atoms with Gasteiger partial charge in [0.1, 0.15) is 11.3 Å². The zero-order valence-corrected chi connectivity index (χ0v) is 14.1. The Morgan fingerprint density at radius 3 is 2.83 bits per heavy atom. The molecule has 1 fully saturated rings. The first kappa shape index (κ1) is 16.5. The highest BCUT2D eigenvalue weighted by molar-refractivity contribution is 5.80. The molecule has 0 spiro atoms. The second kappa shape index (κ2) is 6.65. The molecule has 2 aromatic rings. The molecule has 2 N–H and O–H groups in total. The number of nitrogens with zero attached hydrogens (tertiary/aromatic N) is 2. The largest absolute Gasteiger partial charge is 0.459 e. The minimum atomic E-state index is -0.283. The normalized spacial score (nSPS) is 19.5. The summed E-state index contributed by atoms with van der Waals surface area (Å²) >= 11 is 0. The summed E-state index contributed by atoms with van der Waals surface area (Å²) in [5, 5.41) is 1.03. The molecule has 0 aliphatic carbocycles. The Balaban J connectivity index is 1.63. The minimum Gasteiger partial charge on any atom is -0.459 e. The van der Waals surface area contributed by atoms with E-state index < -0.39 is 0 Å². The van der Waals surface area contributed by atoms with E-state index in [1.165, 1.54) is 0 Å². The van der Waals surface area contributed by atoms with E-state index in [2.05, 4.69) is 0 Å². The summed E-state index contributed by atoms with van der Waals surface area (Å²) in [6, 6.07) is 9.62. The van der Waals surface area contributed by atoms with E-state index >= 15 is 0 Å². The Hall–Kier alpha value is -2.34. The van der Waals surface area contributed by atoms with E-state index in [9.17, 15) is 9.59 Å². The van der Waals surface area contributed by atoms with Crippen LogP contribution in [0, 0.1) is 5.92 Å². The molecule has 2 amide bonds. The van der Waals surface area contributed by atoms with Crippen molar-refractivity contribution in [1.29, 1.82) is 0 Å². The van der Waals surface area contributed by atoms with Crippen LogP contribution in [-0.2, 0) is 9.59 Å². The number of para-hydroxylation sites is 1. The maximum Gasteiger partial charge on any atom is 0.237 e. The van der Waals surface area contributed by atoms with Gasteiger partial charge in [-0.3, -0.25) is 14.5 Å². The number of hydrogen-bond donors (Lipinski definition) is 1. The third-order valence-electron chi connectivity index (χ3n) is 4.86. The average Bonchev–Trinajstić information content (AvgIpc) is 3.19. The zero-order chi connectivity index (χ0) is 17.3. The molecule has 1 aromatic heterocycles. The maximum atomic E-state index is 12.5. The lowest BCUT2D eigenvalue weighted by molar-refractivity contribution is -0.133. The number of hydrogen-bond acceptors (Lipinski definition) is 4. The molecule has 2 atom stereocenters. The van der Waals surface area contributed by atoms with Crippen LogP contribution in [0.4, 0.5) is 0 Å². The number of primary amides is 1. The Labute approximate surface area is 141 Å². The van der Waals surface area contributed by atoms with Gasteiger partial charge in [0, 0.05) is 19.0 Å². The van der Waals surface area contributed by atoms with E-state index in [1.807, 2.05) is 42.2 Å². The standard InChI is InChI=1S/C18H23N3O3/c1-12(16-9-13-5-3-4-6-15(13)24-16)20(2)17(22)11-21-8-7-14(10-21)18(19)23/h3-6,9,12,14H,7-8,10-11H2,1-2H3,(H2,19,23)/t12-,14-/m1/s1. The first-order valence-corrected chi connectivity index (χ1v) is 8.21. The third-order valence-corrected chi connectivity index (χ3v) is 4.86. The summed E-state index contributed by atoms with van der Waals surface area (Å²) in [4.78, 5) is 27.4. The van der Waals surface area contributed by atoms with Crippen LogP contribution in [-0.4, -0.2) is 48.3 Å². The monoisotopic (exact) mass is 329 g/mol. The van der Waals surface area contributed by atoms with Gasteiger partial charge in [0.05, 0.1) is 18.5 Å². The summed E-state index contributed by atoms with van der Waals surface area (Å²) < 4.78 is 5.85. The number of likely N-dealkylation sites (tertiary alicyclic amines) is 1. The van der Waals surface area contributed by atoms with Crippen molar-refractivity contribution in [3.63, 3.8) is 0 Å². The number of benzene rings is 1. The predicted octanol–water partition coefficient (Wildman–Crippen LogP) is 1.76. The quantitative estimate of drug-likeness (QED) is 0.906. The van der Waals surface area contributed by atoms with Gasteiger partial charge in [-0.1, -0.05) is 18.2 Å². The summed E-state index contributed by atoms with van der Waals surface area (Å²) in [6.07, 6.45) is 0.728. The van der Waals surface area contributed by atoms with Crippen molar-refractivity contribution in [1.82, 2.24) is 9.80 Å². The number of carbonyl (C=O) groups is 2. The second-order valence-corrected chi connectivity index (χ2v) is 6.49. The van der Waals surface area contributed by atoms with Gasteiger partial charge in [-0.15, -0.1) is 0 Å². The van der Waals surface area contributed by atoms with Crippen LogP contribution >= 0.6 is 0 Å². The van der Waals surface area contributed by atoms with Gasteiger partial charge in [-0.2, -0.15) is 0 Å². The molecule has 24 heavy (non-hydrogen) atoms. The first-order valence-electron chi connectivity index (χ1n) is 8.21. The number of likely N-dealkylation sites (N-methyl/N-ethyl adjacent to an activating group) is 1. The highest BCUT2D eigenvalue weighted by Crippen LogP contribution is 2.27. The van der Waals surface area contributed by atoms with Crippen LogP contribution in [0.15, 0.2) is 34.7 Å². The molecule has 0 bridgehead atoms. The molecule has 0 saturated carbocycles. The van der Waals surface area contributed by atoms with Crippen LogP contribution < -0.4 is 5.73 Å². The molecular weight excluding hydrogens is 306 g/mol. The van der Waals surface area contributed by atoms with E-state index in [4.69, 9.17) is 10.2 Å². The first-order chi connectivity index (χ1) is 11.5. The molecule has 6 nitrogen and oxygen atoms in total. The Morgan fingerprint density at radius 1 is 1.42 bits per heavy atom. The lowest BCUT2D eigenvalue weighted by atomic mass is 10.1. The van der Waals surface area contributed by atoms with Crippen LogP contribution in [0.25, 0.3) is 11.0 Å². The number of carbonyl (C=O) groups excluding carboxylic acids is 2. The van der Waals surface area contributed by atoms with Crippen molar-refractivity contribution >= 4 is 22.8 Å². The molecule has 3 rings (SSSR count). The van der Waals surface area contributed by atoms with Crippen LogP contribution in [0.2, 0.25) is 0 Å². The SMILES string of the molecule is C[C@H](c1cc2ccccc2o1)N(C)C(=O)CN1CC[C@@H](C(N)=O)C1. The highest BCUT2D eigenvalue weighted by Gasteiger charge is 2.29. The van der Waals surface area contributed by atoms with Crippen molar-refractivity contribution in [3.05, 3.63) is 36.1 Å². The van der Waals surface area contributed by atoms with Gasteiger partial charge in [-0.05, 0) is 32.0 Å². The highest BCUT2D eigenvalue weighted by atomic mass is 16.3. The van der Waals surface area contributed by atoms with Crippen molar-refractivity contribution in [2.45, 2.75) is 19.4 Å². The second-order valence-electron chi connectivity index (χ2n) is 6.49. The molecule has 6 heteroatoms. The molecule has 2 heterocycles.